The molecule has 0 unspecified atom stereocenters. The predicted octanol–water partition coefficient (Wildman–Crippen LogP) is -1.09. The fraction of sp³-hybridized carbons (Fsp3) is 0. The van der Waals surface area contributed by atoms with E-state index >= 15 is 0 Å². The molecule has 0 amide bonds. The molecule has 0 fully saturated rings. The summed E-state index contributed by atoms with van der Waals surface area (Å²) in [7, 11) is 0. The highest BCUT2D eigenvalue weighted by Crippen LogP contribution is 2.04. The van der Waals surface area contributed by atoms with Crippen LogP contribution in [0.1, 0.15) is 0 Å². The molecule has 0 aliphatic heterocycles. The number of rotatable bonds is 1. The SMILES string of the molecule is n1noc(-c2nnon2)n1. The minimum atomic E-state index is 0.0845. The third-order valence-corrected chi connectivity index (χ3v) is 0.790. The van der Waals surface area contributed by atoms with Gasteiger partial charge in [0, 0.05) is 0 Å². The summed E-state index contributed by atoms with van der Waals surface area (Å²) in [6.45, 7) is 0. The zero-order valence-corrected chi connectivity index (χ0v) is 4.50. The maximum atomic E-state index is 4.48. The Balaban J connectivity index is 2.48. The van der Waals surface area contributed by atoms with E-state index in [-0.39, 0.29) is 11.7 Å². The lowest BCUT2D eigenvalue weighted by Crippen LogP contribution is -1.79. The molecule has 0 atom stereocenters. The largest absolute Gasteiger partial charge is 0.321 e. The molecule has 8 nitrogen and oxygen atoms in total. The van der Waals surface area contributed by atoms with Crippen molar-refractivity contribution < 1.29 is 9.15 Å². The Kier molecular flexibility index (Phi) is 0.907. The van der Waals surface area contributed by atoms with E-state index in [2.05, 4.69) is 40.3 Å². The average Bonchev–Trinajstić information content (AvgIpc) is 2.59. The lowest BCUT2D eigenvalue weighted by atomic mass is 10.6. The summed E-state index contributed by atoms with van der Waals surface area (Å²) in [5.74, 6) is 0.214. The van der Waals surface area contributed by atoms with E-state index < -0.39 is 0 Å². The molecular weight excluding hydrogens is 140 g/mol. The van der Waals surface area contributed by atoms with Crippen LogP contribution in [0.15, 0.2) is 9.15 Å². The molecular formula is C2N6O2. The highest BCUT2D eigenvalue weighted by Gasteiger charge is 2.09. The number of hydrogen-bond donors (Lipinski definition) is 0. The summed E-state index contributed by atoms with van der Waals surface area (Å²) in [6.07, 6.45) is 0. The van der Waals surface area contributed by atoms with Crippen molar-refractivity contribution in [1.29, 1.82) is 0 Å². The molecule has 2 heterocycles. The van der Waals surface area contributed by atoms with E-state index in [9.17, 15) is 0 Å². The van der Waals surface area contributed by atoms with Gasteiger partial charge in [0.25, 0.3) is 5.82 Å². The van der Waals surface area contributed by atoms with Crippen molar-refractivity contribution in [3.63, 3.8) is 0 Å². The summed E-state index contributed by atoms with van der Waals surface area (Å²) < 4.78 is 8.65. The maximum Gasteiger partial charge on any atom is 0.321 e. The van der Waals surface area contributed by atoms with Gasteiger partial charge in [0.05, 0.1) is 10.5 Å². The van der Waals surface area contributed by atoms with Crippen molar-refractivity contribution >= 4 is 0 Å². The van der Waals surface area contributed by atoms with E-state index in [0.717, 1.165) is 0 Å². The van der Waals surface area contributed by atoms with Crippen molar-refractivity contribution in [2.45, 2.75) is 0 Å². The van der Waals surface area contributed by atoms with Gasteiger partial charge in [0.1, 0.15) is 0 Å². The van der Waals surface area contributed by atoms with Gasteiger partial charge < -0.3 is 4.52 Å². The first-order chi connectivity index (χ1) is 4.97. The van der Waals surface area contributed by atoms with E-state index in [1.54, 1.807) is 0 Å². The molecule has 2 aromatic heterocycles. The van der Waals surface area contributed by atoms with Crippen LogP contribution in [0.2, 0.25) is 0 Å². The normalized spacial score (nSPS) is 10.0. The molecule has 2 aromatic rings. The number of nitrogens with zero attached hydrogens (tertiary/aromatic N) is 6. The minimum Gasteiger partial charge on any atom is -0.311 e. The van der Waals surface area contributed by atoms with Gasteiger partial charge in [0.2, 0.25) is 0 Å². The molecule has 0 aromatic carbocycles. The Labute approximate surface area is 53.2 Å². The van der Waals surface area contributed by atoms with Gasteiger partial charge in [-0.05, 0) is 10.4 Å². The topological polar surface area (TPSA) is 104 Å². The van der Waals surface area contributed by atoms with Crippen LogP contribution in [0.5, 0.6) is 0 Å². The van der Waals surface area contributed by atoms with Gasteiger partial charge in [0.15, 0.2) is 0 Å². The number of aromatic nitrogens is 6. The summed E-state index contributed by atoms with van der Waals surface area (Å²) >= 11 is 0. The quantitative estimate of drug-likeness (QED) is 0.492. The van der Waals surface area contributed by atoms with Gasteiger partial charge in [-0.15, -0.1) is 0 Å². The van der Waals surface area contributed by atoms with Crippen molar-refractivity contribution in [1.82, 2.24) is 31.1 Å². The van der Waals surface area contributed by atoms with Crippen LogP contribution in [0, 0.1) is 0 Å². The third kappa shape index (κ3) is 0.623. The van der Waals surface area contributed by atoms with E-state index in [0.29, 0.717) is 0 Å². The zero-order chi connectivity index (χ0) is 6.81. The molecule has 0 saturated carbocycles. The minimum absolute atomic E-state index is 0.0845. The molecule has 50 valence electrons. The van der Waals surface area contributed by atoms with Crippen LogP contribution in [0.3, 0.4) is 0 Å². The lowest BCUT2D eigenvalue weighted by Gasteiger charge is -1.71. The molecule has 10 heavy (non-hydrogen) atoms. The lowest BCUT2D eigenvalue weighted by molar-refractivity contribution is 0.292. The van der Waals surface area contributed by atoms with E-state index in [1.165, 1.54) is 0 Å². The Hall–Kier alpha value is -1.86. The van der Waals surface area contributed by atoms with Gasteiger partial charge >= 0.3 is 5.89 Å². The molecule has 0 bridgehead atoms. The predicted molar refractivity (Wildman–Crippen MR) is 23.2 cm³/mol. The highest BCUT2D eigenvalue weighted by molar-refractivity contribution is 5.34. The Morgan fingerprint density at radius 1 is 1.10 bits per heavy atom. The van der Waals surface area contributed by atoms with Crippen molar-refractivity contribution in [3.8, 4) is 11.7 Å². The second kappa shape index (κ2) is 1.83. The first-order valence-electron chi connectivity index (χ1n) is 2.27. The Morgan fingerprint density at radius 3 is 2.70 bits per heavy atom. The molecule has 0 saturated heterocycles. The average molecular weight is 140 g/mol. The second-order valence-corrected chi connectivity index (χ2v) is 1.35. The van der Waals surface area contributed by atoms with Crippen LogP contribution in [0.4, 0.5) is 0 Å². The fourth-order valence-corrected chi connectivity index (χ4v) is 0.434. The van der Waals surface area contributed by atoms with Gasteiger partial charge in [-0.1, -0.05) is 10.2 Å². The van der Waals surface area contributed by atoms with Crippen molar-refractivity contribution in [2.75, 3.05) is 0 Å². The molecule has 0 radical (unpaired) electrons. The van der Waals surface area contributed by atoms with Crippen LogP contribution < -0.4 is 0 Å². The van der Waals surface area contributed by atoms with Crippen LogP contribution >= 0.6 is 0 Å². The summed E-state index contributed by atoms with van der Waals surface area (Å²) in [5, 5.41) is 19.5. The first-order valence-corrected chi connectivity index (χ1v) is 2.27. The third-order valence-electron chi connectivity index (χ3n) is 0.790. The monoisotopic (exact) mass is 140 g/mol. The highest BCUT2D eigenvalue weighted by atomic mass is 16.6. The smallest absolute Gasteiger partial charge is 0.311 e. The summed E-state index contributed by atoms with van der Waals surface area (Å²) in [6, 6.07) is 0. The van der Waals surface area contributed by atoms with Crippen molar-refractivity contribution in [3.05, 3.63) is 0 Å². The summed E-state index contributed by atoms with van der Waals surface area (Å²) in [4.78, 5) is 0. The molecule has 8 heteroatoms. The fourth-order valence-electron chi connectivity index (χ4n) is 0.434. The standard InChI is InChI=1S/C2N6O2/c3-1(5-10-7-3)2-4-6-8-9-2. The van der Waals surface area contributed by atoms with E-state index in [1.807, 2.05) is 0 Å². The Morgan fingerprint density at radius 2 is 2.10 bits per heavy atom. The van der Waals surface area contributed by atoms with Crippen LogP contribution in [-0.2, 0) is 0 Å². The van der Waals surface area contributed by atoms with Crippen LogP contribution in [0.25, 0.3) is 11.7 Å². The van der Waals surface area contributed by atoms with Gasteiger partial charge in [-0.3, -0.25) is 0 Å². The van der Waals surface area contributed by atoms with Crippen LogP contribution in [-0.4, -0.2) is 31.1 Å². The zero-order valence-electron chi connectivity index (χ0n) is 4.50. The maximum absolute atomic E-state index is 4.48. The molecule has 0 aliphatic rings. The second-order valence-electron chi connectivity index (χ2n) is 1.35. The molecule has 0 aliphatic carbocycles. The van der Waals surface area contributed by atoms with E-state index in [4.69, 9.17) is 0 Å². The molecule has 0 spiro atoms. The van der Waals surface area contributed by atoms with Crippen molar-refractivity contribution in [2.24, 2.45) is 0 Å². The van der Waals surface area contributed by atoms with Gasteiger partial charge in [-0.25, -0.2) is 4.63 Å². The first kappa shape index (κ1) is 4.97. The Bertz CT molecular complexity index is 253. The number of hydrogen-bond acceptors (Lipinski definition) is 8. The molecule has 2 rings (SSSR count). The molecule has 0 N–H and O–H groups in total. The summed E-state index contributed by atoms with van der Waals surface area (Å²) in [5.41, 5.74) is 0. The van der Waals surface area contributed by atoms with Gasteiger partial charge in [-0.2, -0.15) is 0 Å².